The van der Waals surface area contributed by atoms with Gasteiger partial charge in [0, 0.05) is 54.9 Å². The number of thioether (sulfide) groups is 1. The van der Waals surface area contributed by atoms with Gasteiger partial charge in [0.05, 0.1) is 12.2 Å². The molecule has 1 amide bonds. The number of hydrogen-bond acceptors (Lipinski definition) is 7. The fourth-order valence-electron chi connectivity index (χ4n) is 3.91. The van der Waals surface area contributed by atoms with Gasteiger partial charge in [-0.05, 0) is 50.2 Å². The summed E-state index contributed by atoms with van der Waals surface area (Å²) in [5.41, 5.74) is 4.80. The Bertz CT molecular complexity index is 1100. The van der Waals surface area contributed by atoms with Crippen LogP contribution < -0.4 is 10.2 Å². The third-order valence-corrected chi connectivity index (χ3v) is 7.12. The van der Waals surface area contributed by atoms with Crippen molar-refractivity contribution in [3.63, 3.8) is 0 Å². The molecule has 8 heteroatoms. The number of nitrogens with zero attached hydrogens (tertiary/aromatic N) is 5. The second kappa shape index (κ2) is 11.4. The van der Waals surface area contributed by atoms with E-state index in [1.165, 1.54) is 0 Å². The number of likely N-dealkylation sites (N-methyl/N-ethyl adjacent to an activating group) is 1. The molecular weight excluding hydrogens is 444 g/mol. The van der Waals surface area contributed by atoms with Gasteiger partial charge in [-0.3, -0.25) is 9.78 Å². The molecule has 0 unspecified atom stereocenters. The third-order valence-electron chi connectivity index (χ3n) is 6.20. The zero-order valence-corrected chi connectivity index (χ0v) is 20.9. The lowest BCUT2D eigenvalue weighted by Crippen LogP contribution is -2.46. The minimum Gasteiger partial charge on any atom is -0.354 e. The Morgan fingerprint density at radius 3 is 2.47 bits per heavy atom. The highest BCUT2D eigenvalue weighted by atomic mass is 32.2. The Morgan fingerprint density at radius 2 is 1.79 bits per heavy atom. The molecule has 1 aliphatic rings. The summed E-state index contributed by atoms with van der Waals surface area (Å²) >= 11 is 1.63. The molecule has 3 aromatic rings. The summed E-state index contributed by atoms with van der Waals surface area (Å²) < 4.78 is 0. The molecule has 1 saturated heterocycles. The van der Waals surface area contributed by atoms with Gasteiger partial charge in [0.2, 0.25) is 0 Å². The Morgan fingerprint density at radius 1 is 1.03 bits per heavy atom. The third kappa shape index (κ3) is 6.12. The lowest BCUT2D eigenvalue weighted by atomic mass is 10.1. The van der Waals surface area contributed by atoms with Gasteiger partial charge in [-0.1, -0.05) is 36.9 Å². The van der Waals surface area contributed by atoms with Gasteiger partial charge in [0.25, 0.3) is 5.91 Å². The molecule has 34 heavy (non-hydrogen) atoms. The van der Waals surface area contributed by atoms with Crippen LogP contribution in [-0.4, -0.2) is 58.5 Å². The zero-order valence-electron chi connectivity index (χ0n) is 20.1. The van der Waals surface area contributed by atoms with Crippen LogP contribution in [-0.2, 0) is 12.3 Å². The van der Waals surface area contributed by atoms with Crippen molar-refractivity contribution in [2.24, 2.45) is 0 Å². The van der Waals surface area contributed by atoms with Crippen molar-refractivity contribution in [1.29, 1.82) is 0 Å². The van der Waals surface area contributed by atoms with E-state index >= 15 is 0 Å². The molecule has 0 atom stereocenters. The molecule has 1 aliphatic heterocycles. The first-order valence-electron chi connectivity index (χ1n) is 11.8. The van der Waals surface area contributed by atoms with E-state index in [1.807, 2.05) is 42.5 Å². The van der Waals surface area contributed by atoms with Crippen LogP contribution >= 0.6 is 11.8 Å². The average Bonchev–Trinajstić information content (AvgIpc) is 2.89. The first-order chi connectivity index (χ1) is 16.5. The standard InChI is InChI=1S/C26H32N6OS/c1-4-31-13-15-32(16-14-31)24-19(2)20(3)29-26(30-24)34-18-21-8-10-22(11-9-21)25(33)28-17-23-7-5-6-12-27-23/h5-12H,4,13-18H2,1-3H3,(H,28,33). The van der Waals surface area contributed by atoms with E-state index in [2.05, 4.69) is 40.9 Å². The van der Waals surface area contributed by atoms with Crippen molar-refractivity contribution in [3.8, 4) is 0 Å². The molecule has 0 saturated carbocycles. The molecule has 3 heterocycles. The lowest BCUT2D eigenvalue weighted by molar-refractivity contribution is 0.0950. The zero-order chi connectivity index (χ0) is 23.9. The Kier molecular flexibility index (Phi) is 8.13. The average molecular weight is 477 g/mol. The number of aryl methyl sites for hydroxylation is 1. The maximum atomic E-state index is 12.4. The van der Waals surface area contributed by atoms with Gasteiger partial charge in [0.15, 0.2) is 5.16 Å². The van der Waals surface area contributed by atoms with Crippen LogP contribution in [0, 0.1) is 13.8 Å². The molecule has 0 bridgehead atoms. The summed E-state index contributed by atoms with van der Waals surface area (Å²) in [7, 11) is 0. The molecule has 0 aliphatic carbocycles. The first kappa shape index (κ1) is 24.2. The quantitative estimate of drug-likeness (QED) is 0.391. The Labute approximate surface area is 206 Å². The summed E-state index contributed by atoms with van der Waals surface area (Å²) in [6.07, 6.45) is 1.72. The van der Waals surface area contributed by atoms with Gasteiger partial charge in [-0.15, -0.1) is 0 Å². The van der Waals surface area contributed by atoms with Crippen molar-refractivity contribution in [2.45, 2.75) is 38.2 Å². The summed E-state index contributed by atoms with van der Waals surface area (Å²) in [6, 6.07) is 13.4. The second-order valence-electron chi connectivity index (χ2n) is 8.45. The number of nitrogens with one attached hydrogen (secondary N) is 1. The van der Waals surface area contributed by atoms with Crippen LogP contribution in [0.3, 0.4) is 0 Å². The summed E-state index contributed by atoms with van der Waals surface area (Å²) in [5.74, 6) is 1.71. The first-order valence-corrected chi connectivity index (χ1v) is 12.7. The highest BCUT2D eigenvalue weighted by Crippen LogP contribution is 2.27. The van der Waals surface area contributed by atoms with Crippen molar-refractivity contribution < 1.29 is 4.79 Å². The largest absolute Gasteiger partial charge is 0.354 e. The topological polar surface area (TPSA) is 74.2 Å². The molecule has 178 valence electrons. The maximum Gasteiger partial charge on any atom is 0.251 e. The summed E-state index contributed by atoms with van der Waals surface area (Å²) in [5, 5.41) is 3.71. The predicted octanol–water partition coefficient (Wildman–Crippen LogP) is 3.85. The maximum absolute atomic E-state index is 12.4. The van der Waals surface area contributed by atoms with Gasteiger partial charge in [-0.2, -0.15) is 0 Å². The van der Waals surface area contributed by atoms with Crippen LogP contribution in [0.15, 0.2) is 53.8 Å². The number of amides is 1. The number of benzene rings is 1. The highest BCUT2D eigenvalue weighted by Gasteiger charge is 2.20. The molecule has 2 aromatic heterocycles. The molecule has 1 fully saturated rings. The number of aromatic nitrogens is 3. The lowest BCUT2D eigenvalue weighted by Gasteiger charge is -2.35. The van der Waals surface area contributed by atoms with E-state index in [0.717, 1.165) is 72.0 Å². The number of hydrogen-bond donors (Lipinski definition) is 1. The van der Waals surface area contributed by atoms with Crippen LogP contribution in [0.5, 0.6) is 0 Å². The van der Waals surface area contributed by atoms with E-state index in [9.17, 15) is 4.79 Å². The molecule has 0 radical (unpaired) electrons. The number of pyridine rings is 1. The van der Waals surface area contributed by atoms with Crippen molar-refractivity contribution >= 4 is 23.5 Å². The normalized spacial score (nSPS) is 14.3. The Hall–Kier alpha value is -2.97. The van der Waals surface area contributed by atoms with Crippen molar-refractivity contribution in [1.82, 2.24) is 25.2 Å². The SMILES string of the molecule is CCN1CCN(c2nc(SCc3ccc(C(=O)NCc4ccccn4)cc3)nc(C)c2C)CC1. The number of anilines is 1. The van der Waals surface area contributed by atoms with Gasteiger partial charge in [-0.25, -0.2) is 9.97 Å². The van der Waals surface area contributed by atoms with Crippen LogP contribution in [0.25, 0.3) is 0 Å². The van der Waals surface area contributed by atoms with Crippen molar-refractivity contribution in [2.75, 3.05) is 37.6 Å². The molecule has 4 rings (SSSR count). The summed E-state index contributed by atoms with van der Waals surface area (Å²) in [4.78, 5) is 31.2. The number of carbonyl (C=O) groups is 1. The molecular formula is C26H32N6OS. The van der Waals surface area contributed by atoms with Crippen LogP contribution in [0.4, 0.5) is 5.82 Å². The fraction of sp³-hybridized carbons (Fsp3) is 0.385. The smallest absolute Gasteiger partial charge is 0.251 e. The molecule has 7 nitrogen and oxygen atoms in total. The molecule has 1 N–H and O–H groups in total. The number of carbonyl (C=O) groups excluding carboxylic acids is 1. The number of piperazine rings is 1. The highest BCUT2D eigenvalue weighted by molar-refractivity contribution is 7.98. The molecule has 1 aromatic carbocycles. The summed E-state index contributed by atoms with van der Waals surface area (Å²) in [6.45, 7) is 12.0. The van der Waals surface area contributed by atoms with Gasteiger partial charge >= 0.3 is 0 Å². The van der Waals surface area contributed by atoms with E-state index < -0.39 is 0 Å². The monoisotopic (exact) mass is 476 g/mol. The van der Waals surface area contributed by atoms with E-state index in [-0.39, 0.29) is 5.91 Å². The second-order valence-corrected chi connectivity index (χ2v) is 9.39. The van der Waals surface area contributed by atoms with Gasteiger partial charge < -0.3 is 15.1 Å². The van der Waals surface area contributed by atoms with Crippen LogP contribution in [0.1, 0.15) is 39.8 Å². The Balaban J connectivity index is 1.35. The van der Waals surface area contributed by atoms with E-state index in [4.69, 9.17) is 9.97 Å². The fourth-order valence-corrected chi connectivity index (χ4v) is 4.75. The van der Waals surface area contributed by atoms with Crippen LogP contribution in [0.2, 0.25) is 0 Å². The predicted molar refractivity (Wildman–Crippen MR) is 137 cm³/mol. The van der Waals surface area contributed by atoms with E-state index in [0.29, 0.717) is 12.1 Å². The number of rotatable bonds is 8. The van der Waals surface area contributed by atoms with Crippen molar-refractivity contribution in [3.05, 3.63) is 76.7 Å². The minimum absolute atomic E-state index is 0.102. The van der Waals surface area contributed by atoms with Gasteiger partial charge in [0.1, 0.15) is 5.82 Å². The van der Waals surface area contributed by atoms with E-state index in [1.54, 1.807) is 18.0 Å². The minimum atomic E-state index is -0.102. The molecule has 0 spiro atoms.